The highest BCUT2D eigenvalue weighted by Gasteiger charge is 2.46. The van der Waals surface area contributed by atoms with E-state index in [1.54, 1.807) is 11.8 Å². The number of thiocarbonyl (C=S) groups is 1. The first-order valence-electron chi connectivity index (χ1n) is 7.32. The molecule has 1 heterocycles. The summed E-state index contributed by atoms with van der Waals surface area (Å²) in [6.07, 6.45) is 4.38. The van der Waals surface area contributed by atoms with Crippen LogP contribution in [-0.2, 0) is 9.59 Å². The fourth-order valence-electron chi connectivity index (χ4n) is 3.28. The molecule has 1 aliphatic heterocycles. The lowest BCUT2D eigenvalue weighted by Gasteiger charge is -2.33. The summed E-state index contributed by atoms with van der Waals surface area (Å²) in [7, 11) is 0. The van der Waals surface area contributed by atoms with Crippen LogP contribution in [-0.4, -0.2) is 52.8 Å². The molecule has 0 spiro atoms. The van der Waals surface area contributed by atoms with Gasteiger partial charge < -0.3 is 15.5 Å². The van der Waals surface area contributed by atoms with Crippen LogP contribution >= 0.6 is 12.2 Å². The first kappa shape index (κ1) is 15.2. The van der Waals surface area contributed by atoms with Gasteiger partial charge in [-0.2, -0.15) is 0 Å². The van der Waals surface area contributed by atoms with Gasteiger partial charge in [-0.05, 0) is 19.3 Å². The number of rotatable bonds is 2. The molecular weight excluding hydrogens is 274 g/mol. The maximum Gasteiger partial charge on any atom is 0.235 e. The van der Waals surface area contributed by atoms with E-state index >= 15 is 0 Å². The van der Waals surface area contributed by atoms with Gasteiger partial charge in [0, 0.05) is 33.1 Å². The van der Waals surface area contributed by atoms with Crippen molar-refractivity contribution in [1.29, 1.82) is 0 Å². The van der Waals surface area contributed by atoms with Gasteiger partial charge in [-0.25, -0.2) is 0 Å². The zero-order valence-electron chi connectivity index (χ0n) is 12.1. The summed E-state index contributed by atoms with van der Waals surface area (Å²) < 4.78 is 0. The zero-order valence-corrected chi connectivity index (χ0v) is 12.9. The molecule has 2 amide bonds. The fourth-order valence-corrected chi connectivity index (χ4v) is 3.57. The molecule has 2 rings (SSSR count). The minimum absolute atomic E-state index is 0.0734. The Morgan fingerprint density at radius 1 is 1.00 bits per heavy atom. The van der Waals surface area contributed by atoms with Gasteiger partial charge in [0.2, 0.25) is 11.8 Å². The molecule has 6 heteroatoms. The van der Waals surface area contributed by atoms with Crippen molar-refractivity contribution in [3.8, 4) is 0 Å². The predicted octanol–water partition coefficient (Wildman–Crippen LogP) is 0.914. The third kappa shape index (κ3) is 2.80. The number of carbonyl (C=O) groups excluding carboxylic acids is 2. The van der Waals surface area contributed by atoms with Crippen LogP contribution in [0.5, 0.6) is 0 Å². The Bertz CT molecular complexity index is 419. The van der Waals surface area contributed by atoms with Gasteiger partial charge in [0.05, 0.1) is 10.4 Å². The first-order chi connectivity index (χ1) is 9.47. The fraction of sp³-hybridized carbons (Fsp3) is 0.786. The number of hydrogen-bond donors (Lipinski definition) is 1. The van der Waals surface area contributed by atoms with E-state index in [2.05, 4.69) is 0 Å². The zero-order chi connectivity index (χ0) is 14.8. The van der Waals surface area contributed by atoms with Crippen molar-refractivity contribution < 1.29 is 9.59 Å². The van der Waals surface area contributed by atoms with Crippen molar-refractivity contribution in [3.05, 3.63) is 0 Å². The summed E-state index contributed by atoms with van der Waals surface area (Å²) in [4.78, 5) is 28.3. The molecule has 1 saturated heterocycles. The van der Waals surface area contributed by atoms with Gasteiger partial charge in [0.15, 0.2) is 0 Å². The molecule has 2 N–H and O–H groups in total. The van der Waals surface area contributed by atoms with Crippen molar-refractivity contribution in [1.82, 2.24) is 9.80 Å². The van der Waals surface area contributed by atoms with Crippen molar-refractivity contribution in [2.24, 2.45) is 11.1 Å². The van der Waals surface area contributed by atoms with Gasteiger partial charge in [0.25, 0.3) is 0 Å². The van der Waals surface area contributed by atoms with Crippen LogP contribution in [0.25, 0.3) is 0 Å². The highest BCUT2D eigenvalue weighted by atomic mass is 32.1. The van der Waals surface area contributed by atoms with E-state index in [4.69, 9.17) is 18.0 Å². The molecule has 0 aromatic carbocycles. The molecule has 1 saturated carbocycles. The molecule has 20 heavy (non-hydrogen) atoms. The van der Waals surface area contributed by atoms with Gasteiger partial charge in [-0.1, -0.05) is 25.1 Å². The SMILES string of the molecule is CC(=O)N1CCCN(C(=O)C2(C(N)=S)CCCC2)CC1. The average molecular weight is 297 g/mol. The van der Waals surface area contributed by atoms with Crippen LogP contribution in [0.1, 0.15) is 39.0 Å². The van der Waals surface area contributed by atoms with Crippen LogP contribution < -0.4 is 5.73 Å². The summed E-state index contributed by atoms with van der Waals surface area (Å²) in [5.74, 6) is 0.150. The highest BCUT2D eigenvalue weighted by Crippen LogP contribution is 2.40. The highest BCUT2D eigenvalue weighted by molar-refractivity contribution is 7.80. The Kier molecular flexibility index (Phi) is 4.62. The second kappa shape index (κ2) is 6.08. The van der Waals surface area contributed by atoms with Crippen molar-refractivity contribution >= 4 is 29.0 Å². The second-order valence-corrected chi connectivity index (χ2v) is 6.25. The molecule has 0 atom stereocenters. The maximum absolute atomic E-state index is 12.8. The normalized spacial score (nSPS) is 22.4. The van der Waals surface area contributed by atoms with Crippen LogP contribution in [0, 0.1) is 5.41 Å². The molecule has 1 aliphatic carbocycles. The van der Waals surface area contributed by atoms with Crippen LogP contribution in [0.15, 0.2) is 0 Å². The van der Waals surface area contributed by atoms with Crippen molar-refractivity contribution in [2.75, 3.05) is 26.2 Å². The Morgan fingerprint density at radius 3 is 2.10 bits per heavy atom. The number of amides is 2. The minimum Gasteiger partial charge on any atom is -0.392 e. The molecule has 5 nitrogen and oxygen atoms in total. The molecule has 112 valence electrons. The van der Waals surface area contributed by atoms with E-state index in [1.165, 1.54) is 0 Å². The Labute approximate surface area is 125 Å². The number of nitrogens with two attached hydrogens (primary N) is 1. The summed E-state index contributed by atoms with van der Waals surface area (Å²) >= 11 is 5.18. The minimum atomic E-state index is -0.624. The molecule has 0 aromatic rings. The van der Waals surface area contributed by atoms with Crippen molar-refractivity contribution in [3.63, 3.8) is 0 Å². The van der Waals surface area contributed by atoms with E-state index < -0.39 is 5.41 Å². The number of carbonyl (C=O) groups is 2. The lowest BCUT2D eigenvalue weighted by Crippen LogP contribution is -2.50. The molecule has 2 fully saturated rings. The third-order valence-electron chi connectivity index (χ3n) is 4.57. The monoisotopic (exact) mass is 297 g/mol. The molecule has 0 bridgehead atoms. The molecule has 0 aromatic heterocycles. The van der Waals surface area contributed by atoms with Crippen LogP contribution in [0.4, 0.5) is 0 Å². The van der Waals surface area contributed by atoms with Gasteiger partial charge in [-0.15, -0.1) is 0 Å². The summed E-state index contributed by atoms with van der Waals surface area (Å²) in [6, 6.07) is 0. The summed E-state index contributed by atoms with van der Waals surface area (Å²) in [6.45, 7) is 4.17. The molecule has 0 unspecified atom stereocenters. The Balaban J connectivity index is 2.09. The van der Waals surface area contributed by atoms with Crippen LogP contribution in [0.2, 0.25) is 0 Å². The van der Waals surface area contributed by atoms with Gasteiger partial charge in [-0.3, -0.25) is 9.59 Å². The third-order valence-corrected chi connectivity index (χ3v) is 4.96. The average Bonchev–Trinajstić information content (AvgIpc) is 2.77. The van der Waals surface area contributed by atoms with E-state index in [9.17, 15) is 9.59 Å². The molecule has 0 radical (unpaired) electrons. The number of nitrogens with zero attached hydrogens (tertiary/aromatic N) is 2. The van der Waals surface area contributed by atoms with Gasteiger partial charge in [0.1, 0.15) is 0 Å². The number of hydrogen-bond acceptors (Lipinski definition) is 3. The topological polar surface area (TPSA) is 66.6 Å². The predicted molar refractivity (Wildman–Crippen MR) is 81.1 cm³/mol. The van der Waals surface area contributed by atoms with Crippen molar-refractivity contribution in [2.45, 2.75) is 39.0 Å². The molecular formula is C14H23N3O2S. The lowest BCUT2D eigenvalue weighted by molar-refractivity contribution is -0.138. The Morgan fingerprint density at radius 2 is 1.55 bits per heavy atom. The smallest absolute Gasteiger partial charge is 0.235 e. The van der Waals surface area contributed by atoms with Gasteiger partial charge >= 0.3 is 0 Å². The van der Waals surface area contributed by atoms with E-state index in [1.807, 2.05) is 4.90 Å². The lowest BCUT2D eigenvalue weighted by atomic mass is 9.84. The summed E-state index contributed by atoms with van der Waals surface area (Å²) in [5, 5.41) is 0. The molecule has 2 aliphatic rings. The largest absolute Gasteiger partial charge is 0.392 e. The maximum atomic E-state index is 12.8. The summed E-state index contributed by atoms with van der Waals surface area (Å²) in [5.41, 5.74) is 5.25. The quantitative estimate of drug-likeness (QED) is 0.770. The van der Waals surface area contributed by atoms with E-state index in [0.29, 0.717) is 24.6 Å². The van der Waals surface area contributed by atoms with Crippen LogP contribution in [0.3, 0.4) is 0 Å². The Hall–Kier alpha value is -1.17. The standard InChI is InChI=1S/C14H23N3O2S/c1-11(18)16-7-4-8-17(10-9-16)13(19)14(12(15)20)5-2-3-6-14/h2-10H2,1H3,(H2,15,20). The second-order valence-electron chi connectivity index (χ2n) is 5.81. The van der Waals surface area contributed by atoms with E-state index in [0.717, 1.165) is 38.6 Å². The first-order valence-corrected chi connectivity index (χ1v) is 7.73. The van der Waals surface area contributed by atoms with E-state index in [-0.39, 0.29) is 11.8 Å².